The average Bonchev–Trinajstić information content (AvgIpc) is 2.96. The number of aromatic hydroxyl groups is 1. The first-order chi connectivity index (χ1) is 13.1. The fourth-order valence-corrected chi connectivity index (χ4v) is 2.41. The van der Waals surface area contributed by atoms with Gasteiger partial charge >= 0.3 is 0 Å². The number of hydrogen-bond acceptors (Lipinski definition) is 3. The number of hydrogen-bond donors (Lipinski definition) is 1. The van der Waals surface area contributed by atoms with Gasteiger partial charge < -0.3 is 5.11 Å². The van der Waals surface area contributed by atoms with E-state index in [2.05, 4.69) is 11.7 Å². The standard InChI is InChI=1S/C19H15F5N2O2.Mn/c1-5-8(3)7-10(6-2)18(27)11-9(4)25-26(19(11)28)17-15(23)13(21)12(20)14(22)16(17)24;/h5-7,28H,2H2,1,3-4H3;/b8-5-,10-7+;. The van der Waals surface area contributed by atoms with Gasteiger partial charge in [0, 0.05) is 22.6 Å². The van der Waals surface area contributed by atoms with Crippen LogP contribution in [-0.4, -0.2) is 20.7 Å². The summed E-state index contributed by atoms with van der Waals surface area (Å²) in [7, 11) is 0. The second-order valence-electron chi connectivity index (χ2n) is 5.78. The van der Waals surface area contributed by atoms with Gasteiger partial charge in [0.25, 0.3) is 0 Å². The van der Waals surface area contributed by atoms with Crippen molar-refractivity contribution in [1.82, 2.24) is 9.78 Å². The van der Waals surface area contributed by atoms with Crippen LogP contribution in [0.3, 0.4) is 0 Å². The number of halogens is 5. The molecule has 2 aromatic rings. The molecule has 0 aliphatic rings. The minimum Gasteiger partial charge on any atom is -0.493 e. The minimum atomic E-state index is -2.35. The number of benzene rings is 1. The summed E-state index contributed by atoms with van der Waals surface area (Å²) in [6.07, 6.45) is 4.34. The van der Waals surface area contributed by atoms with E-state index >= 15 is 0 Å². The van der Waals surface area contributed by atoms with Crippen molar-refractivity contribution < 1.29 is 48.9 Å². The van der Waals surface area contributed by atoms with E-state index in [0.29, 0.717) is 5.57 Å². The number of nitrogens with zero attached hydrogens (tertiary/aromatic N) is 2. The first kappa shape index (κ1) is 24.3. The van der Waals surface area contributed by atoms with Crippen LogP contribution < -0.4 is 0 Å². The van der Waals surface area contributed by atoms with Gasteiger partial charge in [0.15, 0.2) is 29.1 Å². The second-order valence-corrected chi connectivity index (χ2v) is 5.78. The molecule has 155 valence electrons. The van der Waals surface area contributed by atoms with E-state index in [0.717, 1.165) is 0 Å². The summed E-state index contributed by atoms with van der Waals surface area (Å²) in [6, 6.07) is 0. The van der Waals surface area contributed by atoms with Crippen molar-refractivity contribution in [2.24, 2.45) is 0 Å². The van der Waals surface area contributed by atoms with Gasteiger partial charge in [-0.15, -0.1) is 0 Å². The summed E-state index contributed by atoms with van der Waals surface area (Å²) in [4.78, 5) is 12.7. The Morgan fingerprint density at radius 3 is 2.00 bits per heavy atom. The Morgan fingerprint density at radius 2 is 1.55 bits per heavy atom. The van der Waals surface area contributed by atoms with Gasteiger partial charge in [0.2, 0.25) is 11.7 Å². The predicted octanol–water partition coefficient (Wildman–Crippen LogP) is 4.84. The van der Waals surface area contributed by atoms with E-state index in [9.17, 15) is 31.9 Å². The zero-order valence-electron chi connectivity index (χ0n) is 15.5. The SMILES string of the molecule is C=C/C(=C\C(C)=C/C)C(=O)c1c(C)nn(-c2c(F)c(F)c(F)c(F)c2F)c1O.[Mn]. The largest absolute Gasteiger partial charge is 0.493 e. The van der Waals surface area contributed by atoms with Crippen LogP contribution in [0.15, 0.2) is 36.0 Å². The van der Waals surface area contributed by atoms with Gasteiger partial charge in [0.1, 0.15) is 11.3 Å². The van der Waals surface area contributed by atoms with E-state index in [1.54, 1.807) is 19.9 Å². The third kappa shape index (κ3) is 4.18. The molecule has 29 heavy (non-hydrogen) atoms. The summed E-state index contributed by atoms with van der Waals surface area (Å²) < 4.78 is 68.4. The average molecular weight is 453 g/mol. The Labute approximate surface area is 173 Å². The number of rotatable bonds is 5. The molecule has 1 aromatic heterocycles. The van der Waals surface area contributed by atoms with Crippen LogP contribution in [0, 0.1) is 36.0 Å². The van der Waals surface area contributed by atoms with Gasteiger partial charge in [-0.1, -0.05) is 24.3 Å². The summed E-state index contributed by atoms with van der Waals surface area (Å²) >= 11 is 0. The first-order valence-electron chi connectivity index (χ1n) is 7.88. The number of ketones is 1. The Balaban J connectivity index is 0.00000420. The summed E-state index contributed by atoms with van der Waals surface area (Å²) in [6.45, 7) is 8.15. The van der Waals surface area contributed by atoms with Crippen molar-refractivity contribution in [3.05, 3.63) is 76.3 Å². The molecule has 0 atom stereocenters. The molecule has 1 aromatic carbocycles. The summed E-state index contributed by atoms with van der Waals surface area (Å²) in [5.74, 6) is -13.0. The molecule has 4 nitrogen and oxygen atoms in total. The van der Waals surface area contributed by atoms with Gasteiger partial charge in [-0.05, 0) is 26.8 Å². The minimum absolute atomic E-state index is 0. The molecule has 2 rings (SSSR count). The molecule has 0 unspecified atom stereocenters. The molecule has 10 heteroatoms. The van der Waals surface area contributed by atoms with E-state index in [-0.39, 0.29) is 33.0 Å². The van der Waals surface area contributed by atoms with Gasteiger partial charge in [-0.2, -0.15) is 9.78 Å². The van der Waals surface area contributed by atoms with Crippen LogP contribution in [0.4, 0.5) is 22.0 Å². The van der Waals surface area contributed by atoms with Crippen LogP contribution in [0.1, 0.15) is 29.9 Å². The second kappa shape index (κ2) is 9.19. The Kier molecular flexibility index (Phi) is 7.71. The van der Waals surface area contributed by atoms with Gasteiger partial charge in [-0.3, -0.25) is 4.79 Å². The molecule has 1 radical (unpaired) electrons. The third-order valence-electron chi connectivity index (χ3n) is 3.98. The topological polar surface area (TPSA) is 55.1 Å². The molecule has 0 bridgehead atoms. The maximum atomic E-state index is 14.0. The number of allylic oxidation sites excluding steroid dienone is 5. The van der Waals surface area contributed by atoms with Gasteiger partial charge in [0.05, 0.1) is 5.69 Å². The molecule has 0 saturated heterocycles. The summed E-state index contributed by atoms with van der Waals surface area (Å²) in [5, 5.41) is 13.9. The van der Waals surface area contributed by atoms with E-state index in [4.69, 9.17) is 0 Å². The Bertz CT molecular complexity index is 1030. The molecular formula is C19H15F5MnN2O2. The zero-order chi connectivity index (χ0) is 21.3. The van der Waals surface area contributed by atoms with Crippen molar-refractivity contribution in [2.75, 3.05) is 0 Å². The Hall–Kier alpha value is -2.71. The molecule has 0 spiro atoms. The monoisotopic (exact) mass is 453 g/mol. The van der Waals surface area contributed by atoms with Crippen molar-refractivity contribution in [3.8, 4) is 11.6 Å². The number of carbonyl (C=O) groups excluding carboxylic acids is 1. The molecular weight excluding hydrogens is 438 g/mol. The van der Waals surface area contributed by atoms with Crippen LogP contribution in [0.2, 0.25) is 0 Å². The van der Waals surface area contributed by atoms with Crippen LogP contribution in [0.5, 0.6) is 5.88 Å². The smallest absolute Gasteiger partial charge is 0.226 e. The maximum Gasteiger partial charge on any atom is 0.226 e. The van der Waals surface area contributed by atoms with E-state index in [1.807, 2.05) is 0 Å². The molecule has 0 amide bonds. The van der Waals surface area contributed by atoms with Crippen molar-refractivity contribution in [3.63, 3.8) is 0 Å². The van der Waals surface area contributed by atoms with Crippen LogP contribution >= 0.6 is 0 Å². The molecule has 1 heterocycles. The molecule has 0 fully saturated rings. The fourth-order valence-electron chi connectivity index (χ4n) is 2.41. The maximum absolute atomic E-state index is 14.0. The summed E-state index contributed by atoms with van der Waals surface area (Å²) in [5.41, 5.74) is -1.42. The molecule has 0 aliphatic heterocycles. The van der Waals surface area contributed by atoms with Gasteiger partial charge in [-0.25, -0.2) is 22.0 Å². The number of aryl methyl sites for hydroxylation is 1. The number of Topliss-reactive ketones (excluding diaryl/α,β-unsaturated/α-hetero) is 1. The Morgan fingerprint density at radius 1 is 1.07 bits per heavy atom. The van der Waals surface area contributed by atoms with E-state index < -0.39 is 52.0 Å². The van der Waals surface area contributed by atoms with Crippen LogP contribution in [0.25, 0.3) is 5.69 Å². The number of aromatic nitrogens is 2. The van der Waals surface area contributed by atoms with Crippen molar-refractivity contribution in [1.29, 1.82) is 0 Å². The molecule has 1 N–H and O–H groups in total. The molecule has 0 aliphatic carbocycles. The predicted molar refractivity (Wildman–Crippen MR) is 91.8 cm³/mol. The van der Waals surface area contributed by atoms with Crippen LogP contribution in [-0.2, 0) is 17.1 Å². The van der Waals surface area contributed by atoms with Crippen molar-refractivity contribution >= 4 is 5.78 Å². The molecule has 0 saturated carbocycles. The quantitative estimate of drug-likeness (QED) is 0.134. The third-order valence-corrected chi connectivity index (χ3v) is 3.98. The zero-order valence-corrected chi connectivity index (χ0v) is 16.6. The number of carbonyl (C=O) groups is 1. The normalized spacial score (nSPS) is 12.0. The fraction of sp³-hybridized carbons (Fsp3) is 0.158. The van der Waals surface area contributed by atoms with E-state index in [1.165, 1.54) is 19.1 Å². The first-order valence-corrected chi connectivity index (χ1v) is 7.88. The van der Waals surface area contributed by atoms with Crippen molar-refractivity contribution in [2.45, 2.75) is 20.8 Å².